The van der Waals surface area contributed by atoms with Gasteiger partial charge in [-0.3, -0.25) is 9.79 Å². The molecule has 0 radical (unpaired) electrons. The molecule has 2 saturated heterocycles. The number of methoxy groups -OCH3 is 3. The first-order valence-electron chi connectivity index (χ1n) is 17.6. The molecule has 0 aromatic heterocycles. The smallest absolute Gasteiger partial charge is 0.311 e. The second-order valence-corrected chi connectivity index (χ2v) is 13.7. The molecular formula is C38H73NO9. The lowest BCUT2D eigenvalue weighted by Gasteiger charge is -2.42. The zero-order chi connectivity index (χ0) is 38.0. The van der Waals surface area contributed by atoms with E-state index >= 15 is 0 Å². The minimum Gasteiger partial charge on any atom is -0.459 e. The van der Waals surface area contributed by atoms with Gasteiger partial charge in [0.25, 0.3) is 0 Å². The molecule has 2 aliphatic heterocycles. The normalized spacial score (nSPS) is 40.1. The van der Waals surface area contributed by atoms with Crippen LogP contribution in [0.5, 0.6) is 0 Å². The van der Waals surface area contributed by atoms with Crippen LogP contribution in [-0.2, 0) is 28.5 Å². The second kappa shape index (κ2) is 23.0. The van der Waals surface area contributed by atoms with E-state index in [1.807, 2.05) is 55.4 Å². The fourth-order valence-corrected chi connectivity index (χ4v) is 6.86. The van der Waals surface area contributed by atoms with E-state index in [0.717, 1.165) is 12.1 Å². The molecule has 2 rings (SSSR count). The molecule has 0 aliphatic carbocycles. The Morgan fingerprint density at radius 3 is 1.85 bits per heavy atom. The molecule has 2 fully saturated rings. The number of carbonyl (C=O) groups is 1. The third-order valence-electron chi connectivity index (χ3n) is 10.0. The van der Waals surface area contributed by atoms with Gasteiger partial charge in [0.2, 0.25) is 0 Å². The maximum atomic E-state index is 13.0. The van der Waals surface area contributed by atoms with Crippen molar-refractivity contribution in [3.8, 4) is 11.8 Å². The number of rotatable bonds is 4. The van der Waals surface area contributed by atoms with E-state index in [1.165, 1.54) is 6.92 Å². The molecule has 3 N–H and O–H groups in total. The fourth-order valence-electron chi connectivity index (χ4n) is 6.86. The van der Waals surface area contributed by atoms with Crippen molar-refractivity contribution in [2.24, 2.45) is 28.7 Å². The molecule has 12 atom stereocenters. The molecule has 0 aromatic carbocycles. The predicted molar refractivity (Wildman–Crippen MR) is 194 cm³/mol. The van der Waals surface area contributed by atoms with Crippen molar-refractivity contribution < 1.29 is 43.8 Å². The van der Waals surface area contributed by atoms with Crippen LogP contribution in [0.25, 0.3) is 0 Å². The standard InChI is InChI=1S/C24H45NO6.C8H16O3.C4H6.C2H6/c1-11-18-24(7,28)21(26)16(4)19(25-8)14(2)12-23(6,30-10)13-15(3)20(29-9)17(5)22(27)31-18;1-6-7(9)8(2,10-3)4-5-11-6;1-3-4-2;1-2/h14-18,20-21,26,28H,11-13H2,1-10H3;6-7,9H,4-5H2,1-3H3;1-2H3;1-2H3/t14-,15-,16?,17-,18-,20+,21?,23-,24-;6?,7-,8+;;/m10../s1. The summed E-state index contributed by atoms with van der Waals surface area (Å²) in [5.41, 5.74) is -1.73. The van der Waals surface area contributed by atoms with Crippen LogP contribution < -0.4 is 0 Å². The van der Waals surface area contributed by atoms with Gasteiger partial charge in [0.05, 0.1) is 35.4 Å². The Bertz CT molecular complexity index is 986. The van der Waals surface area contributed by atoms with Gasteiger partial charge in [-0.25, -0.2) is 0 Å². The molecule has 10 nitrogen and oxygen atoms in total. The average Bonchev–Trinajstić information content (AvgIpc) is 3.06. The zero-order valence-corrected chi connectivity index (χ0v) is 33.5. The largest absolute Gasteiger partial charge is 0.459 e. The van der Waals surface area contributed by atoms with Gasteiger partial charge in [-0.2, -0.15) is 0 Å². The van der Waals surface area contributed by atoms with E-state index in [1.54, 1.807) is 35.3 Å². The molecule has 0 aromatic rings. The van der Waals surface area contributed by atoms with Gasteiger partial charge < -0.3 is 39.0 Å². The number of aliphatic imine (C=N–C) groups is 1. The van der Waals surface area contributed by atoms with E-state index in [4.69, 9.17) is 23.7 Å². The minimum absolute atomic E-state index is 0.0200. The van der Waals surface area contributed by atoms with Crippen molar-refractivity contribution >= 4 is 11.7 Å². The molecule has 3 unspecified atom stereocenters. The lowest BCUT2D eigenvalue weighted by Crippen LogP contribution is -2.56. The number of carbonyl (C=O) groups excluding carboxylic acids is 1. The first kappa shape index (κ1) is 48.5. The molecule has 0 spiro atoms. The van der Waals surface area contributed by atoms with Crippen LogP contribution in [0.1, 0.15) is 116 Å². The molecule has 0 saturated carbocycles. The summed E-state index contributed by atoms with van der Waals surface area (Å²) in [5, 5.41) is 32.1. The monoisotopic (exact) mass is 688 g/mol. The summed E-state index contributed by atoms with van der Waals surface area (Å²) in [4.78, 5) is 17.5. The predicted octanol–water partition coefficient (Wildman–Crippen LogP) is 5.87. The quantitative estimate of drug-likeness (QED) is 0.245. The highest BCUT2D eigenvalue weighted by molar-refractivity contribution is 5.89. The first-order valence-corrected chi connectivity index (χ1v) is 17.6. The molecular weight excluding hydrogens is 614 g/mol. The van der Waals surface area contributed by atoms with Crippen molar-refractivity contribution in [3.63, 3.8) is 0 Å². The van der Waals surface area contributed by atoms with E-state index < -0.39 is 52.9 Å². The highest BCUT2D eigenvalue weighted by Gasteiger charge is 2.47. The SMILES string of the molecule is CC.CC#CC.CC[C@H]1OC(=O)[C@H](C)[C@@H](OC)[C@H](C)C[C@](C)(OC)C[C@@H](C)C(=NC)C(C)C(O)[C@]1(C)O.CO[C@]1(C)CCOC(C)[C@@H]1O. The minimum atomic E-state index is -1.64. The molecule has 0 bridgehead atoms. The Kier molecular flexibility index (Phi) is 23.3. The van der Waals surface area contributed by atoms with E-state index in [-0.39, 0.29) is 24.0 Å². The van der Waals surface area contributed by atoms with Crippen molar-refractivity contribution in [2.45, 2.75) is 163 Å². The van der Waals surface area contributed by atoms with E-state index in [9.17, 15) is 20.1 Å². The van der Waals surface area contributed by atoms with Crippen LogP contribution in [0.15, 0.2) is 4.99 Å². The Hall–Kier alpha value is -1.58. The lowest BCUT2D eigenvalue weighted by molar-refractivity contribution is -0.190. The first-order chi connectivity index (χ1) is 22.3. The van der Waals surface area contributed by atoms with Crippen LogP contribution in [0.4, 0.5) is 0 Å². The van der Waals surface area contributed by atoms with Crippen LogP contribution in [0.3, 0.4) is 0 Å². The Balaban J connectivity index is 0. The number of ether oxygens (including phenoxy) is 5. The molecule has 0 amide bonds. The van der Waals surface area contributed by atoms with Gasteiger partial charge in [-0.05, 0) is 79.6 Å². The number of hydrogen-bond donors (Lipinski definition) is 3. The summed E-state index contributed by atoms with van der Waals surface area (Å²) in [6.45, 7) is 25.3. The number of aliphatic hydroxyl groups excluding tert-OH is 2. The van der Waals surface area contributed by atoms with Crippen LogP contribution >= 0.6 is 0 Å². The van der Waals surface area contributed by atoms with Gasteiger partial charge in [0.1, 0.15) is 17.8 Å². The molecule has 2 aliphatic rings. The summed E-state index contributed by atoms with van der Waals surface area (Å²) in [7, 11) is 6.63. The number of esters is 1. The van der Waals surface area contributed by atoms with E-state index in [2.05, 4.69) is 37.6 Å². The lowest BCUT2D eigenvalue weighted by atomic mass is 9.75. The molecule has 10 heteroatoms. The number of nitrogens with zero attached hydrogens (tertiary/aromatic N) is 1. The number of hydrogen-bond acceptors (Lipinski definition) is 10. The van der Waals surface area contributed by atoms with Gasteiger partial charge in [0, 0.05) is 53.0 Å². The Morgan fingerprint density at radius 1 is 0.917 bits per heavy atom. The van der Waals surface area contributed by atoms with Crippen LogP contribution in [0.2, 0.25) is 0 Å². The Labute approximate surface area is 293 Å². The fraction of sp³-hybridized carbons (Fsp3) is 0.895. The Morgan fingerprint density at radius 2 is 1.46 bits per heavy atom. The highest BCUT2D eigenvalue weighted by Crippen LogP contribution is 2.36. The van der Waals surface area contributed by atoms with Gasteiger partial charge in [-0.15, -0.1) is 11.8 Å². The summed E-state index contributed by atoms with van der Waals surface area (Å²) in [6.07, 6.45) is -0.503. The van der Waals surface area contributed by atoms with Gasteiger partial charge in [-0.1, -0.05) is 41.5 Å². The van der Waals surface area contributed by atoms with Crippen molar-refractivity contribution in [1.29, 1.82) is 0 Å². The molecule has 2 heterocycles. The van der Waals surface area contributed by atoms with Crippen molar-refractivity contribution in [2.75, 3.05) is 35.0 Å². The summed E-state index contributed by atoms with van der Waals surface area (Å²) >= 11 is 0. The third-order valence-corrected chi connectivity index (χ3v) is 10.0. The van der Waals surface area contributed by atoms with Gasteiger partial charge >= 0.3 is 5.97 Å². The van der Waals surface area contributed by atoms with E-state index in [0.29, 0.717) is 25.9 Å². The highest BCUT2D eigenvalue weighted by atomic mass is 16.6. The molecule has 284 valence electrons. The maximum absolute atomic E-state index is 13.0. The average molecular weight is 688 g/mol. The molecule has 48 heavy (non-hydrogen) atoms. The van der Waals surface area contributed by atoms with Crippen molar-refractivity contribution in [1.82, 2.24) is 0 Å². The van der Waals surface area contributed by atoms with Crippen molar-refractivity contribution in [3.05, 3.63) is 0 Å². The summed E-state index contributed by atoms with van der Waals surface area (Å²) < 4.78 is 27.9. The number of aliphatic hydroxyl groups is 3. The number of cyclic esters (lactones) is 1. The zero-order valence-electron chi connectivity index (χ0n) is 33.5. The summed E-state index contributed by atoms with van der Waals surface area (Å²) in [6, 6.07) is 0. The van der Waals surface area contributed by atoms with Crippen LogP contribution in [0, 0.1) is 35.5 Å². The van der Waals surface area contributed by atoms with Crippen LogP contribution in [-0.4, -0.2) is 109 Å². The topological polar surface area (TPSA) is 136 Å². The maximum Gasteiger partial charge on any atom is 0.311 e. The second-order valence-electron chi connectivity index (χ2n) is 13.7. The third kappa shape index (κ3) is 13.6. The van der Waals surface area contributed by atoms with Gasteiger partial charge in [0.15, 0.2) is 0 Å². The summed E-state index contributed by atoms with van der Waals surface area (Å²) in [5.74, 6) is 4.01.